The molecular weight excluding hydrogens is 105 g/mol. The van der Waals surface area contributed by atoms with E-state index in [1.807, 2.05) is 0 Å². The monoisotopic (exact) mass is 109 g/mol. The van der Waals surface area contributed by atoms with Gasteiger partial charge >= 0.3 is 0 Å². The van der Waals surface area contributed by atoms with Crippen LogP contribution in [0.3, 0.4) is 0 Å². The van der Waals surface area contributed by atoms with Gasteiger partial charge in [-0.2, -0.15) is 0 Å². The summed E-state index contributed by atoms with van der Waals surface area (Å²) in [6, 6.07) is 0. The highest BCUT2D eigenvalue weighted by Gasteiger charge is 2.10. The molecule has 40 valence electrons. The average Bonchev–Trinajstić information content (AvgIpc) is 1.83. The molecule has 0 fully saturated rings. The second kappa shape index (κ2) is 1.21. The molecule has 0 bridgehead atoms. The summed E-state index contributed by atoms with van der Waals surface area (Å²) < 4.78 is 0. The van der Waals surface area contributed by atoms with Gasteiger partial charge in [-0.15, -0.1) is 0 Å². The van der Waals surface area contributed by atoms with E-state index in [9.17, 15) is 9.59 Å². The van der Waals surface area contributed by atoms with Crippen molar-refractivity contribution < 1.29 is 0 Å². The first kappa shape index (κ1) is 5.09. The van der Waals surface area contributed by atoms with Gasteiger partial charge in [0.1, 0.15) is 7.85 Å². The highest BCUT2D eigenvalue weighted by atomic mass is 16.2. The second-order valence-electron chi connectivity index (χ2n) is 1.70. The van der Waals surface area contributed by atoms with Gasteiger partial charge in [0.05, 0.1) is 5.69 Å². The smallest absolute Gasteiger partial charge is 0.247 e. The SMILES string of the molecule is Bc1c(N)c(=O)c1=O. The summed E-state index contributed by atoms with van der Waals surface area (Å²) in [6.45, 7) is 0. The van der Waals surface area contributed by atoms with Crippen molar-refractivity contribution in [2.75, 3.05) is 5.73 Å². The Morgan fingerprint density at radius 3 is 1.88 bits per heavy atom. The molecule has 0 aromatic heterocycles. The van der Waals surface area contributed by atoms with E-state index in [4.69, 9.17) is 5.73 Å². The van der Waals surface area contributed by atoms with E-state index >= 15 is 0 Å². The molecule has 0 saturated heterocycles. The maximum Gasteiger partial charge on any atom is 0.247 e. The summed E-state index contributed by atoms with van der Waals surface area (Å²) in [4.78, 5) is 20.5. The third kappa shape index (κ3) is 0.345. The predicted molar refractivity (Wildman–Crippen MR) is 33.9 cm³/mol. The van der Waals surface area contributed by atoms with Crippen molar-refractivity contribution >= 4 is 19.0 Å². The fraction of sp³-hybridized carbons (Fsp3) is 0. The molecule has 0 aliphatic heterocycles. The van der Waals surface area contributed by atoms with E-state index in [1.54, 1.807) is 7.85 Å². The first-order valence-electron chi connectivity index (χ1n) is 2.20. The Hall–Kier alpha value is -1.06. The lowest BCUT2D eigenvalue weighted by molar-refractivity contribution is 1.48. The summed E-state index contributed by atoms with van der Waals surface area (Å²) in [7, 11) is 1.54. The van der Waals surface area contributed by atoms with Crippen LogP contribution in [-0.4, -0.2) is 7.85 Å². The molecule has 0 aliphatic carbocycles. The lowest BCUT2D eigenvalue weighted by Crippen LogP contribution is -2.49. The maximum atomic E-state index is 10.3. The van der Waals surface area contributed by atoms with E-state index in [-0.39, 0.29) is 5.69 Å². The molecule has 0 heterocycles. The minimum absolute atomic E-state index is 0.120. The molecule has 3 nitrogen and oxygen atoms in total. The summed E-state index contributed by atoms with van der Waals surface area (Å²) in [5.41, 5.74) is 4.60. The standard InChI is InChI=1S/C4H4BNO2/c5-1-2(6)4(8)3(1)7/h5-6H2. The topological polar surface area (TPSA) is 60.2 Å². The van der Waals surface area contributed by atoms with Crippen molar-refractivity contribution in [2.45, 2.75) is 0 Å². The van der Waals surface area contributed by atoms with Gasteiger partial charge in [0, 0.05) is 0 Å². The van der Waals surface area contributed by atoms with Crippen molar-refractivity contribution in [1.82, 2.24) is 0 Å². The van der Waals surface area contributed by atoms with Crippen LogP contribution in [-0.2, 0) is 0 Å². The fourth-order valence-corrected chi connectivity index (χ4v) is 0.523. The summed E-state index contributed by atoms with van der Waals surface area (Å²) >= 11 is 0. The fourth-order valence-electron chi connectivity index (χ4n) is 0.523. The van der Waals surface area contributed by atoms with Crippen molar-refractivity contribution in [3.63, 3.8) is 0 Å². The van der Waals surface area contributed by atoms with E-state index in [0.29, 0.717) is 5.46 Å². The van der Waals surface area contributed by atoms with Gasteiger partial charge in [-0.05, 0) is 5.46 Å². The summed E-state index contributed by atoms with van der Waals surface area (Å²) in [5.74, 6) is 0. The Morgan fingerprint density at radius 1 is 1.25 bits per heavy atom. The molecule has 0 amide bonds. The highest BCUT2D eigenvalue weighted by Crippen LogP contribution is 1.76. The molecule has 4 heteroatoms. The van der Waals surface area contributed by atoms with Gasteiger partial charge in [0.15, 0.2) is 0 Å². The predicted octanol–water partition coefficient (Wildman–Crippen LogP) is -2.88. The van der Waals surface area contributed by atoms with Crippen LogP contribution in [0.15, 0.2) is 9.59 Å². The first-order chi connectivity index (χ1) is 3.64. The van der Waals surface area contributed by atoms with E-state index < -0.39 is 10.9 Å². The van der Waals surface area contributed by atoms with Gasteiger partial charge in [-0.1, -0.05) is 0 Å². The van der Waals surface area contributed by atoms with Crippen molar-refractivity contribution in [2.24, 2.45) is 0 Å². The van der Waals surface area contributed by atoms with E-state index in [2.05, 4.69) is 0 Å². The molecule has 0 aliphatic rings. The maximum absolute atomic E-state index is 10.3. The Bertz CT molecular complexity index is 254. The molecule has 0 atom stereocenters. The average molecular weight is 109 g/mol. The molecular formula is C4H4BNO2. The largest absolute Gasteiger partial charge is 0.396 e. The number of rotatable bonds is 0. The van der Waals surface area contributed by atoms with Gasteiger partial charge in [0.2, 0.25) is 10.9 Å². The molecule has 1 rings (SSSR count). The molecule has 1 aromatic rings. The molecule has 0 spiro atoms. The van der Waals surface area contributed by atoms with Gasteiger partial charge < -0.3 is 5.73 Å². The third-order valence-electron chi connectivity index (χ3n) is 1.20. The lowest BCUT2D eigenvalue weighted by atomic mass is 9.89. The quantitative estimate of drug-likeness (QED) is 0.287. The highest BCUT2D eigenvalue weighted by molar-refractivity contribution is 6.36. The molecule has 1 aromatic carbocycles. The van der Waals surface area contributed by atoms with E-state index in [1.165, 1.54) is 0 Å². The van der Waals surface area contributed by atoms with Crippen LogP contribution in [0.1, 0.15) is 0 Å². The normalized spacial score (nSPS) is 10.0. The minimum atomic E-state index is -0.539. The molecule has 2 N–H and O–H groups in total. The van der Waals surface area contributed by atoms with Gasteiger partial charge in [0.25, 0.3) is 0 Å². The van der Waals surface area contributed by atoms with Crippen LogP contribution < -0.4 is 22.1 Å². The lowest BCUT2D eigenvalue weighted by Gasteiger charge is -1.96. The Labute approximate surface area is 46.2 Å². The van der Waals surface area contributed by atoms with Crippen LogP contribution in [0.4, 0.5) is 5.69 Å². The van der Waals surface area contributed by atoms with Crippen molar-refractivity contribution in [3.8, 4) is 0 Å². The van der Waals surface area contributed by atoms with Gasteiger partial charge in [-0.3, -0.25) is 9.59 Å². The Morgan fingerprint density at radius 2 is 1.75 bits per heavy atom. The van der Waals surface area contributed by atoms with Crippen molar-refractivity contribution in [3.05, 3.63) is 20.4 Å². The Balaban J connectivity index is 3.48. The van der Waals surface area contributed by atoms with Crippen LogP contribution in [0.2, 0.25) is 0 Å². The summed E-state index contributed by atoms with van der Waals surface area (Å²) in [6.07, 6.45) is 0. The van der Waals surface area contributed by atoms with Crippen LogP contribution in [0.25, 0.3) is 0 Å². The molecule has 8 heavy (non-hydrogen) atoms. The molecule has 0 saturated carbocycles. The number of nitrogens with two attached hydrogens (primary N) is 1. The van der Waals surface area contributed by atoms with E-state index in [0.717, 1.165) is 0 Å². The Kier molecular flexibility index (Phi) is 0.772. The second-order valence-corrected chi connectivity index (χ2v) is 1.70. The third-order valence-corrected chi connectivity index (χ3v) is 1.20. The number of hydrogen-bond donors (Lipinski definition) is 1. The first-order valence-corrected chi connectivity index (χ1v) is 2.20. The zero-order valence-electron chi connectivity index (χ0n) is 4.39. The zero-order chi connectivity index (χ0) is 6.31. The molecule has 0 unspecified atom stereocenters. The number of nitrogen functional groups attached to an aromatic ring is 1. The summed E-state index contributed by atoms with van der Waals surface area (Å²) in [5, 5.41) is 0. The molecule has 0 radical (unpaired) electrons. The van der Waals surface area contributed by atoms with Crippen LogP contribution >= 0.6 is 0 Å². The van der Waals surface area contributed by atoms with Gasteiger partial charge in [-0.25, -0.2) is 0 Å². The van der Waals surface area contributed by atoms with Crippen molar-refractivity contribution in [1.29, 1.82) is 0 Å². The minimum Gasteiger partial charge on any atom is -0.396 e. The van der Waals surface area contributed by atoms with Crippen LogP contribution in [0.5, 0.6) is 0 Å². The van der Waals surface area contributed by atoms with Crippen LogP contribution in [0, 0.1) is 0 Å². The number of hydrogen-bond acceptors (Lipinski definition) is 3. The zero-order valence-corrected chi connectivity index (χ0v) is 4.39. The number of anilines is 1.